The Morgan fingerprint density at radius 2 is 1.63 bits per heavy atom. The second-order valence-electron chi connectivity index (χ2n) is 14.9. The Balaban J connectivity index is 1.23. The van der Waals surface area contributed by atoms with Gasteiger partial charge in [0, 0.05) is 81.1 Å². The Kier molecular flexibility index (Phi) is 10.3. The van der Waals surface area contributed by atoms with E-state index in [2.05, 4.69) is 16.0 Å². The number of hydrogen-bond donors (Lipinski definition) is 1. The van der Waals surface area contributed by atoms with Crippen molar-refractivity contribution in [2.24, 2.45) is 7.05 Å². The predicted octanol–water partition coefficient (Wildman–Crippen LogP) is 6.91. The summed E-state index contributed by atoms with van der Waals surface area (Å²) in [7, 11) is 3.29. The first-order valence-electron chi connectivity index (χ1n) is 18.9. The minimum Gasteiger partial charge on any atom is -0.508 e. The van der Waals surface area contributed by atoms with Gasteiger partial charge in [-0.05, 0) is 84.1 Å². The summed E-state index contributed by atoms with van der Waals surface area (Å²) in [6.07, 6.45) is -3.45. The number of hydrogen-bond acceptors (Lipinski definition) is 7. The quantitative estimate of drug-likeness (QED) is 0.171. The average molecular weight is 783 g/mol. The maximum Gasteiger partial charge on any atom is 0.394 e. The van der Waals surface area contributed by atoms with Crippen LogP contribution in [0.15, 0.2) is 85.1 Å². The average Bonchev–Trinajstić information content (AvgIpc) is 3.72. The number of carbonyl (C=O) groups excluding carboxylic acids is 2. The van der Waals surface area contributed by atoms with Gasteiger partial charge >= 0.3 is 6.18 Å². The Morgan fingerprint density at radius 3 is 2.37 bits per heavy atom. The molecule has 1 fully saturated rings. The minimum absolute atomic E-state index is 0.0624. The van der Waals surface area contributed by atoms with Crippen LogP contribution in [-0.2, 0) is 37.6 Å². The number of rotatable bonds is 8. The molecule has 0 radical (unpaired) electrons. The topological polar surface area (TPSA) is 94.4 Å². The molecule has 3 aliphatic heterocycles. The molecule has 0 spiro atoms. The van der Waals surface area contributed by atoms with Crippen molar-refractivity contribution < 1.29 is 37.0 Å². The van der Waals surface area contributed by atoms with Crippen molar-refractivity contribution in [2.45, 2.75) is 38.0 Å². The standard InChI is InChI=1S/C43H42F4N6O4/c1-49-14-13-28-20-32(24-48-40(28)49)53(31-8-10-34(54)11-9-31)42(56)37-22-38(50(2)39(37)23-43(45,46)47)36-21-30(44)7-12-35(36)41(55)52-25-29-6-4-3-5-27(29)19-33(52)26-51-15-17-57-18-16-51/h3-12,20-22,24,33,54H,13-19,23,25-26H2,1-2H3/t33-/m0/s1. The van der Waals surface area contributed by atoms with Gasteiger partial charge in [0.2, 0.25) is 0 Å². The monoisotopic (exact) mass is 782 g/mol. The number of pyridine rings is 1. The van der Waals surface area contributed by atoms with Crippen LogP contribution in [0.5, 0.6) is 5.75 Å². The second kappa shape index (κ2) is 15.3. The summed E-state index contributed by atoms with van der Waals surface area (Å²) >= 11 is 0. The molecule has 296 valence electrons. The molecule has 2 aromatic heterocycles. The number of phenols is 1. The van der Waals surface area contributed by atoms with Crippen LogP contribution in [0.25, 0.3) is 11.3 Å². The van der Waals surface area contributed by atoms with Gasteiger partial charge in [-0.2, -0.15) is 13.2 Å². The summed E-state index contributed by atoms with van der Waals surface area (Å²) in [6, 6.07) is 20.2. The zero-order valence-electron chi connectivity index (χ0n) is 31.6. The summed E-state index contributed by atoms with van der Waals surface area (Å²) in [5, 5.41) is 10.1. The van der Waals surface area contributed by atoms with Crippen molar-refractivity contribution in [3.05, 3.63) is 124 Å². The summed E-state index contributed by atoms with van der Waals surface area (Å²) in [5.74, 6) is -1.21. The number of aromatic nitrogens is 2. The number of halogens is 4. The Hall–Kier alpha value is -5.73. The maximum atomic E-state index is 15.3. The molecule has 0 aliphatic carbocycles. The van der Waals surface area contributed by atoms with Crippen LogP contribution < -0.4 is 9.80 Å². The van der Waals surface area contributed by atoms with Crippen LogP contribution in [-0.4, -0.2) is 94.9 Å². The van der Waals surface area contributed by atoms with Crippen molar-refractivity contribution in [3.8, 4) is 17.0 Å². The van der Waals surface area contributed by atoms with E-state index in [1.807, 2.05) is 30.1 Å². The number of nitrogens with zero attached hydrogens (tertiary/aromatic N) is 6. The van der Waals surface area contributed by atoms with E-state index in [1.54, 1.807) is 11.0 Å². The van der Waals surface area contributed by atoms with Gasteiger partial charge in [0.25, 0.3) is 11.8 Å². The van der Waals surface area contributed by atoms with E-state index in [-0.39, 0.29) is 45.6 Å². The maximum absolute atomic E-state index is 15.3. The number of carbonyl (C=O) groups is 2. The third-order valence-corrected chi connectivity index (χ3v) is 11.2. The molecule has 2 amide bonds. The van der Waals surface area contributed by atoms with E-state index < -0.39 is 30.2 Å². The van der Waals surface area contributed by atoms with Crippen molar-refractivity contribution in [2.75, 3.05) is 56.2 Å². The minimum atomic E-state index is -4.73. The first kappa shape index (κ1) is 38.2. The largest absolute Gasteiger partial charge is 0.508 e. The lowest BCUT2D eigenvalue weighted by Gasteiger charge is -2.40. The summed E-state index contributed by atoms with van der Waals surface area (Å²) in [6.45, 7) is 4.18. The molecule has 5 heterocycles. The number of ether oxygens (including phenoxy) is 1. The smallest absolute Gasteiger partial charge is 0.394 e. The van der Waals surface area contributed by atoms with Gasteiger partial charge in [-0.3, -0.25) is 19.4 Å². The van der Waals surface area contributed by atoms with Crippen molar-refractivity contribution in [3.63, 3.8) is 0 Å². The number of benzene rings is 3. The number of aromatic hydroxyl groups is 1. The van der Waals surface area contributed by atoms with Crippen LogP contribution in [0.3, 0.4) is 0 Å². The van der Waals surface area contributed by atoms with Gasteiger partial charge in [0.05, 0.1) is 37.1 Å². The van der Waals surface area contributed by atoms with Gasteiger partial charge in [-0.1, -0.05) is 24.3 Å². The van der Waals surface area contributed by atoms with Gasteiger partial charge in [-0.15, -0.1) is 0 Å². The van der Waals surface area contributed by atoms with Crippen LogP contribution in [0.4, 0.5) is 34.8 Å². The van der Waals surface area contributed by atoms with Crippen molar-refractivity contribution >= 4 is 29.0 Å². The molecule has 5 aromatic rings. The SMILES string of the molecule is CN1CCc2cc(N(C(=O)c3cc(-c4cc(F)ccc4C(=O)N4Cc5ccccc5C[C@H]4CN4CCOCC4)n(C)c3CC(F)(F)F)c3ccc(O)cc3)cnc21. The number of alkyl halides is 3. The highest BCUT2D eigenvalue weighted by Gasteiger charge is 2.37. The molecule has 3 aliphatic rings. The van der Waals surface area contributed by atoms with E-state index in [9.17, 15) is 27.9 Å². The molecule has 0 bridgehead atoms. The third-order valence-electron chi connectivity index (χ3n) is 11.2. The highest BCUT2D eigenvalue weighted by molar-refractivity contribution is 6.12. The fraction of sp³-hybridized carbons (Fsp3) is 0.326. The lowest BCUT2D eigenvalue weighted by atomic mass is 9.92. The van der Waals surface area contributed by atoms with E-state index >= 15 is 4.39 Å². The lowest BCUT2D eigenvalue weighted by Crippen LogP contribution is -2.52. The third kappa shape index (κ3) is 7.71. The second-order valence-corrected chi connectivity index (χ2v) is 14.9. The van der Waals surface area contributed by atoms with Gasteiger partial charge in [0.1, 0.15) is 17.4 Å². The fourth-order valence-electron chi connectivity index (χ4n) is 8.27. The molecule has 14 heteroatoms. The van der Waals surface area contributed by atoms with Crippen molar-refractivity contribution in [1.82, 2.24) is 19.4 Å². The van der Waals surface area contributed by atoms with Crippen molar-refractivity contribution in [1.29, 1.82) is 0 Å². The van der Waals surface area contributed by atoms with Crippen LogP contribution in [0.1, 0.15) is 43.1 Å². The lowest BCUT2D eigenvalue weighted by molar-refractivity contribution is -0.128. The number of phenolic OH excluding ortho intramolecular Hbond substituents is 1. The number of anilines is 3. The predicted molar refractivity (Wildman–Crippen MR) is 207 cm³/mol. The van der Waals surface area contributed by atoms with E-state index in [0.717, 1.165) is 28.6 Å². The molecule has 3 aromatic carbocycles. The highest BCUT2D eigenvalue weighted by Crippen LogP contribution is 2.38. The van der Waals surface area contributed by atoms with E-state index in [1.165, 1.54) is 65.2 Å². The first-order valence-corrected chi connectivity index (χ1v) is 18.9. The molecule has 8 rings (SSSR count). The van der Waals surface area contributed by atoms with Crippen LogP contribution in [0, 0.1) is 5.82 Å². The summed E-state index contributed by atoms with van der Waals surface area (Å²) in [5.41, 5.74) is 3.17. The Bertz CT molecular complexity index is 2320. The number of fused-ring (bicyclic) bond motifs is 2. The van der Waals surface area contributed by atoms with E-state index in [0.29, 0.717) is 64.5 Å². The van der Waals surface area contributed by atoms with Gasteiger partial charge in [0.15, 0.2) is 0 Å². The van der Waals surface area contributed by atoms with Crippen LogP contribution >= 0.6 is 0 Å². The fourth-order valence-corrected chi connectivity index (χ4v) is 8.27. The Labute approximate surface area is 327 Å². The number of morpholine rings is 1. The summed E-state index contributed by atoms with van der Waals surface area (Å²) in [4.78, 5) is 41.5. The van der Waals surface area contributed by atoms with Crippen LogP contribution in [0.2, 0.25) is 0 Å². The molecular formula is C43H42F4N6O4. The Morgan fingerprint density at radius 1 is 0.895 bits per heavy atom. The molecule has 10 nitrogen and oxygen atoms in total. The molecule has 0 unspecified atom stereocenters. The van der Waals surface area contributed by atoms with Gasteiger partial charge < -0.3 is 24.2 Å². The zero-order valence-corrected chi connectivity index (χ0v) is 31.6. The zero-order chi connectivity index (χ0) is 40.0. The highest BCUT2D eigenvalue weighted by atomic mass is 19.4. The molecule has 57 heavy (non-hydrogen) atoms. The normalized spacial score (nSPS) is 17.1. The molecule has 1 N–H and O–H groups in total. The summed E-state index contributed by atoms with van der Waals surface area (Å²) < 4.78 is 65.3. The number of amides is 2. The molecule has 1 atom stereocenters. The molecule has 1 saturated heterocycles. The van der Waals surface area contributed by atoms with Gasteiger partial charge in [-0.25, -0.2) is 9.37 Å². The molecule has 0 saturated carbocycles. The first-order chi connectivity index (χ1) is 27.3. The van der Waals surface area contributed by atoms with E-state index in [4.69, 9.17) is 4.74 Å². The number of likely N-dealkylation sites (N-methyl/N-ethyl adjacent to an activating group) is 1. The molecular weight excluding hydrogens is 741 g/mol.